The van der Waals surface area contributed by atoms with Crippen LogP contribution in [-0.2, 0) is 9.84 Å². The zero-order valence-corrected chi connectivity index (χ0v) is 13.0. The van der Waals surface area contributed by atoms with Crippen molar-refractivity contribution in [3.05, 3.63) is 41.3 Å². The van der Waals surface area contributed by atoms with Crippen LogP contribution in [0.25, 0.3) is 0 Å². The number of nitrogens with zero attached hydrogens (tertiary/aromatic N) is 1. The van der Waals surface area contributed by atoms with Crippen molar-refractivity contribution in [1.29, 1.82) is 0 Å². The summed E-state index contributed by atoms with van der Waals surface area (Å²) in [5.74, 6) is 0.790. The molecule has 0 spiro atoms. The molecule has 7 heteroatoms. The third-order valence-electron chi connectivity index (χ3n) is 3.64. The number of aromatic nitrogens is 1. The van der Waals surface area contributed by atoms with Crippen LogP contribution in [0.15, 0.2) is 33.8 Å². The van der Waals surface area contributed by atoms with Gasteiger partial charge in [0.2, 0.25) is 5.78 Å². The Labute approximate surface area is 128 Å². The summed E-state index contributed by atoms with van der Waals surface area (Å²) in [6.07, 6.45) is 4.48. The van der Waals surface area contributed by atoms with Crippen LogP contribution in [0.5, 0.6) is 5.75 Å². The smallest absolute Gasteiger partial charge is 0.201 e. The first-order valence-corrected chi connectivity index (χ1v) is 8.68. The van der Waals surface area contributed by atoms with Gasteiger partial charge in [-0.15, -0.1) is 0 Å². The second kappa shape index (κ2) is 5.24. The summed E-state index contributed by atoms with van der Waals surface area (Å²) in [6.45, 7) is 0. The van der Waals surface area contributed by atoms with Gasteiger partial charge in [-0.25, -0.2) is 8.42 Å². The van der Waals surface area contributed by atoms with Gasteiger partial charge in [0.15, 0.2) is 15.6 Å². The molecule has 0 aliphatic heterocycles. The van der Waals surface area contributed by atoms with Crippen molar-refractivity contribution in [3.63, 3.8) is 0 Å². The van der Waals surface area contributed by atoms with Gasteiger partial charge in [-0.1, -0.05) is 5.16 Å². The number of benzene rings is 1. The SMILES string of the molecule is COc1cc(S(C)(=O)=O)ccc1C(=O)c1cnoc1C1CC1. The van der Waals surface area contributed by atoms with Gasteiger partial charge in [0.25, 0.3) is 0 Å². The molecule has 0 bridgehead atoms. The zero-order valence-electron chi connectivity index (χ0n) is 12.2. The number of ketones is 1. The number of hydrogen-bond acceptors (Lipinski definition) is 6. The van der Waals surface area contributed by atoms with Crippen molar-refractivity contribution < 1.29 is 22.5 Å². The molecule has 0 unspecified atom stereocenters. The summed E-state index contributed by atoms with van der Waals surface area (Å²) < 4.78 is 33.5. The van der Waals surface area contributed by atoms with Gasteiger partial charge in [0, 0.05) is 12.2 Å². The summed E-state index contributed by atoms with van der Waals surface area (Å²) in [7, 11) is -1.97. The van der Waals surface area contributed by atoms with Crippen molar-refractivity contribution >= 4 is 15.6 Å². The Bertz CT molecular complexity index is 833. The van der Waals surface area contributed by atoms with Gasteiger partial charge < -0.3 is 9.26 Å². The normalized spacial score (nSPS) is 14.8. The highest BCUT2D eigenvalue weighted by atomic mass is 32.2. The second-order valence-electron chi connectivity index (χ2n) is 5.34. The molecule has 1 heterocycles. The van der Waals surface area contributed by atoms with E-state index in [1.807, 2.05) is 0 Å². The first-order chi connectivity index (χ1) is 10.4. The topological polar surface area (TPSA) is 86.5 Å². The highest BCUT2D eigenvalue weighted by molar-refractivity contribution is 7.90. The molecule has 1 aliphatic carbocycles. The van der Waals surface area contributed by atoms with Gasteiger partial charge in [0.1, 0.15) is 5.75 Å². The van der Waals surface area contributed by atoms with Crippen LogP contribution in [0.1, 0.15) is 40.4 Å². The monoisotopic (exact) mass is 321 g/mol. The molecule has 1 aromatic heterocycles. The molecular weight excluding hydrogens is 306 g/mol. The predicted octanol–water partition coefficient (Wildman–Crippen LogP) is 2.20. The molecule has 3 rings (SSSR count). The quantitative estimate of drug-likeness (QED) is 0.785. The first kappa shape index (κ1) is 14.8. The predicted molar refractivity (Wildman–Crippen MR) is 78.0 cm³/mol. The van der Waals surface area contributed by atoms with E-state index in [4.69, 9.17) is 9.26 Å². The van der Waals surface area contributed by atoms with Crippen LogP contribution in [0, 0.1) is 0 Å². The van der Waals surface area contributed by atoms with Gasteiger partial charge in [0.05, 0.1) is 29.3 Å². The summed E-state index contributed by atoms with van der Waals surface area (Å²) in [5.41, 5.74) is 0.702. The fraction of sp³-hybridized carbons (Fsp3) is 0.333. The van der Waals surface area contributed by atoms with Crippen molar-refractivity contribution in [1.82, 2.24) is 5.16 Å². The van der Waals surface area contributed by atoms with Gasteiger partial charge in [-0.2, -0.15) is 0 Å². The molecular formula is C15H15NO5S. The van der Waals surface area contributed by atoms with Crippen LogP contribution in [-0.4, -0.2) is 32.7 Å². The van der Waals surface area contributed by atoms with Gasteiger partial charge in [-0.05, 0) is 31.0 Å². The number of sulfone groups is 1. The Morgan fingerprint density at radius 1 is 1.32 bits per heavy atom. The second-order valence-corrected chi connectivity index (χ2v) is 7.36. The van der Waals surface area contributed by atoms with Crippen molar-refractivity contribution in [2.45, 2.75) is 23.7 Å². The molecule has 2 aromatic rings. The number of carbonyl (C=O) groups is 1. The van der Waals surface area contributed by atoms with E-state index in [2.05, 4.69) is 5.16 Å². The van der Waals surface area contributed by atoms with Crippen LogP contribution >= 0.6 is 0 Å². The number of methoxy groups -OCH3 is 1. The van der Waals surface area contributed by atoms with Crippen LogP contribution < -0.4 is 4.74 Å². The minimum atomic E-state index is -3.37. The van der Waals surface area contributed by atoms with Crippen molar-refractivity contribution in [2.75, 3.05) is 13.4 Å². The average Bonchev–Trinajstić information content (AvgIpc) is 3.22. The molecule has 0 amide bonds. The lowest BCUT2D eigenvalue weighted by molar-refractivity contribution is 0.103. The van der Waals surface area contributed by atoms with Crippen LogP contribution in [0.4, 0.5) is 0 Å². The third kappa shape index (κ3) is 2.64. The molecule has 1 aromatic carbocycles. The third-order valence-corrected chi connectivity index (χ3v) is 4.75. The van der Waals surface area contributed by atoms with Crippen LogP contribution in [0.3, 0.4) is 0 Å². The molecule has 6 nitrogen and oxygen atoms in total. The molecule has 1 fully saturated rings. The first-order valence-electron chi connectivity index (χ1n) is 6.79. The van der Waals surface area contributed by atoms with E-state index in [0.717, 1.165) is 19.1 Å². The minimum Gasteiger partial charge on any atom is -0.496 e. The van der Waals surface area contributed by atoms with E-state index < -0.39 is 9.84 Å². The molecule has 116 valence electrons. The fourth-order valence-corrected chi connectivity index (χ4v) is 2.93. The Morgan fingerprint density at radius 2 is 2.05 bits per heavy atom. The standard InChI is InChI=1S/C15H15NO5S/c1-20-13-7-10(22(2,18)19)5-6-11(13)14(17)12-8-16-21-15(12)9-3-4-9/h5-9H,3-4H2,1-2H3. The van der Waals surface area contributed by atoms with Gasteiger partial charge in [-0.3, -0.25) is 4.79 Å². The Morgan fingerprint density at radius 3 is 2.64 bits per heavy atom. The zero-order chi connectivity index (χ0) is 15.9. The maximum Gasteiger partial charge on any atom is 0.201 e. The maximum absolute atomic E-state index is 12.7. The summed E-state index contributed by atoms with van der Waals surface area (Å²) >= 11 is 0. The van der Waals surface area contributed by atoms with Crippen LogP contribution in [0.2, 0.25) is 0 Å². The maximum atomic E-state index is 12.7. The molecule has 1 aliphatic rings. The Balaban J connectivity index is 2.03. The highest BCUT2D eigenvalue weighted by Crippen LogP contribution is 2.42. The van der Waals surface area contributed by atoms with Crippen molar-refractivity contribution in [2.24, 2.45) is 0 Å². The van der Waals surface area contributed by atoms with Gasteiger partial charge >= 0.3 is 0 Å². The highest BCUT2D eigenvalue weighted by Gasteiger charge is 2.33. The average molecular weight is 321 g/mol. The Hall–Kier alpha value is -2.15. The van der Waals surface area contributed by atoms with E-state index in [9.17, 15) is 13.2 Å². The molecule has 0 saturated heterocycles. The van der Waals surface area contributed by atoms with Crippen molar-refractivity contribution in [3.8, 4) is 5.75 Å². The summed E-state index contributed by atoms with van der Waals surface area (Å²) in [4.78, 5) is 12.8. The minimum absolute atomic E-state index is 0.105. The van der Waals surface area contributed by atoms with E-state index in [0.29, 0.717) is 16.9 Å². The van der Waals surface area contributed by atoms with E-state index >= 15 is 0 Å². The largest absolute Gasteiger partial charge is 0.496 e. The number of hydrogen-bond donors (Lipinski definition) is 0. The lowest BCUT2D eigenvalue weighted by atomic mass is 10.0. The van der Waals surface area contributed by atoms with E-state index in [-0.39, 0.29) is 22.3 Å². The Kier molecular flexibility index (Phi) is 3.52. The molecule has 1 saturated carbocycles. The number of carbonyl (C=O) groups excluding carboxylic acids is 1. The van der Waals surface area contributed by atoms with E-state index in [1.165, 1.54) is 31.5 Å². The lowest BCUT2D eigenvalue weighted by Crippen LogP contribution is -2.07. The lowest BCUT2D eigenvalue weighted by Gasteiger charge is -2.09. The molecule has 22 heavy (non-hydrogen) atoms. The number of rotatable bonds is 5. The fourth-order valence-electron chi connectivity index (χ4n) is 2.29. The molecule has 0 atom stereocenters. The summed E-state index contributed by atoms with van der Waals surface area (Å²) in [5, 5.41) is 3.71. The van der Waals surface area contributed by atoms with E-state index in [1.54, 1.807) is 0 Å². The number of ether oxygens (including phenoxy) is 1. The molecule has 0 radical (unpaired) electrons. The summed E-state index contributed by atoms with van der Waals surface area (Å²) in [6, 6.07) is 4.21. The molecule has 0 N–H and O–H groups in total.